The Morgan fingerprint density at radius 1 is 0.364 bits per heavy atom. The first-order valence-electron chi connectivity index (χ1n) is 22.3. The molecule has 0 saturated heterocycles. The Balaban J connectivity index is 1.21. The number of rotatable bonds is 7. The molecule has 4 heteroatoms. The van der Waals surface area contributed by atoms with E-state index in [9.17, 15) is 1.37 Å². The third-order valence-corrected chi connectivity index (χ3v) is 9.69. The summed E-state index contributed by atoms with van der Waals surface area (Å²) in [4.78, 5) is 15.2. The molecule has 0 aliphatic carbocycles. The highest BCUT2D eigenvalue weighted by Crippen LogP contribution is 2.39. The largest absolute Gasteiger partial charge is 0.309 e. The summed E-state index contributed by atoms with van der Waals surface area (Å²) in [6, 6.07) is 44.6. The molecule has 10 rings (SSSR count). The quantitative estimate of drug-likeness (QED) is 0.165. The zero-order valence-corrected chi connectivity index (χ0v) is 29.2. The zero-order valence-electron chi connectivity index (χ0n) is 38.2. The molecule has 55 heavy (non-hydrogen) atoms. The molecule has 0 unspecified atom stereocenters. The van der Waals surface area contributed by atoms with Crippen molar-refractivity contribution in [1.29, 1.82) is 0 Å². The fourth-order valence-electron chi connectivity index (χ4n) is 7.15. The van der Waals surface area contributed by atoms with Crippen LogP contribution in [0.1, 0.15) is 12.3 Å². The lowest BCUT2D eigenvalue weighted by atomic mass is 9.99. The second-order valence-electron chi connectivity index (χ2n) is 13.0. The molecule has 0 aliphatic rings. The lowest BCUT2D eigenvalue weighted by molar-refractivity contribution is 1.07. The Morgan fingerprint density at radius 3 is 1.71 bits per heavy atom. The average Bonchev–Trinajstić information content (AvgIpc) is 3.70. The van der Waals surface area contributed by atoms with E-state index in [2.05, 4.69) is 12.1 Å². The van der Waals surface area contributed by atoms with Gasteiger partial charge in [0.25, 0.3) is 0 Å². The van der Waals surface area contributed by atoms with Gasteiger partial charge < -0.3 is 4.57 Å². The average molecular weight is 712 g/mol. The number of fused-ring (bicyclic) bond motifs is 3. The van der Waals surface area contributed by atoms with Crippen molar-refractivity contribution in [3.8, 4) is 73.2 Å². The van der Waals surface area contributed by atoms with E-state index in [1.807, 2.05) is 121 Å². The van der Waals surface area contributed by atoms with E-state index in [1.165, 1.54) is 0 Å². The number of nitrogens with zero attached hydrogens (tertiary/aromatic N) is 4. The van der Waals surface area contributed by atoms with Gasteiger partial charge in [-0.25, -0.2) is 15.0 Å². The first-order chi connectivity index (χ1) is 31.0. The first-order valence-corrected chi connectivity index (χ1v) is 17.8. The van der Waals surface area contributed by atoms with Crippen molar-refractivity contribution in [1.82, 2.24) is 19.5 Å². The lowest BCUT2D eigenvalue weighted by Gasteiger charge is -2.13. The molecule has 0 N–H and O–H groups in total. The smallest absolute Gasteiger partial charge is 0.164 e. The third kappa shape index (κ3) is 5.96. The Morgan fingerprint density at radius 2 is 0.927 bits per heavy atom. The van der Waals surface area contributed by atoms with Crippen molar-refractivity contribution in [3.05, 3.63) is 206 Å². The molecule has 0 fully saturated rings. The summed E-state index contributed by atoms with van der Waals surface area (Å²) >= 11 is 0. The highest BCUT2D eigenvalue weighted by atomic mass is 15.0. The molecule has 4 nitrogen and oxygen atoms in total. The van der Waals surface area contributed by atoms with Crippen molar-refractivity contribution in [2.75, 3.05) is 0 Å². The van der Waals surface area contributed by atoms with E-state index >= 15 is 0 Å². The van der Waals surface area contributed by atoms with E-state index in [1.54, 1.807) is 22.8 Å². The Kier molecular flexibility index (Phi) is 6.04. The van der Waals surface area contributed by atoms with Crippen LogP contribution in [0.3, 0.4) is 0 Å². The van der Waals surface area contributed by atoms with Crippen LogP contribution in [0.4, 0.5) is 0 Å². The van der Waals surface area contributed by atoms with Crippen LogP contribution in [0.15, 0.2) is 206 Å². The Labute approximate surface area is 332 Å². The van der Waals surface area contributed by atoms with Gasteiger partial charge in [-0.3, -0.25) is 0 Å². The third-order valence-electron chi connectivity index (χ3n) is 9.69. The summed E-state index contributed by atoms with van der Waals surface area (Å²) < 4.78 is 80.3. The van der Waals surface area contributed by atoms with Gasteiger partial charge in [0.15, 0.2) is 17.5 Å². The number of para-hydroxylation sites is 1. The summed E-state index contributed by atoms with van der Waals surface area (Å²) in [5, 5.41) is 0.463. The predicted molar refractivity (Wildman–Crippen MR) is 227 cm³/mol. The topological polar surface area (TPSA) is 43.6 Å². The van der Waals surface area contributed by atoms with Crippen LogP contribution >= 0.6 is 0 Å². The van der Waals surface area contributed by atoms with Gasteiger partial charge >= 0.3 is 0 Å². The van der Waals surface area contributed by atoms with Gasteiger partial charge in [0.2, 0.25) is 0 Å². The fourth-order valence-corrected chi connectivity index (χ4v) is 7.15. The van der Waals surface area contributed by atoms with Crippen LogP contribution in [0.2, 0.25) is 0 Å². The van der Waals surface area contributed by atoms with Crippen LogP contribution in [0.5, 0.6) is 0 Å². The number of hydrogen-bond acceptors (Lipinski definition) is 3. The van der Waals surface area contributed by atoms with Crippen LogP contribution in [0, 0.1) is 0 Å². The highest BCUT2D eigenvalue weighted by Gasteiger charge is 2.19. The number of benzene rings is 8. The van der Waals surface area contributed by atoms with E-state index in [0.29, 0.717) is 39.6 Å². The maximum absolute atomic E-state index is 9.23. The molecule has 8 aromatic carbocycles. The van der Waals surface area contributed by atoms with Crippen LogP contribution in [-0.4, -0.2) is 19.5 Å². The van der Waals surface area contributed by atoms with E-state index in [-0.39, 0.29) is 34.1 Å². The lowest BCUT2D eigenvalue weighted by Crippen LogP contribution is -2.02. The van der Waals surface area contributed by atoms with Crippen molar-refractivity contribution in [2.24, 2.45) is 0 Å². The van der Waals surface area contributed by atoms with Gasteiger partial charge in [-0.2, -0.15) is 0 Å². The van der Waals surface area contributed by atoms with E-state index in [0.717, 1.165) is 33.4 Å². The molecule has 0 radical (unpaired) electrons. The van der Waals surface area contributed by atoms with Gasteiger partial charge in [0.05, 0.1) is 23.4 Å². The summed E-state index contributed by atoms with van der Waals surface area (Å²) in [5.74, 6) is 1.26. The normalized spacial score (nSPS) is 13.6. The minimum atomic E-state index is -0.538. The van der Waals surface area contributed by atoms with Crippen molar-refractivity contribution in [3.63, 3.8) is 0 Å². The number of aromatic nitrogens is 4. The molecule has 0 bridgehead atoms. The molecule has 0 spiro atoms. The van der Waals surface area contributed by atoms with Crippen LogP contribution < -0.4 is 0 Å². The van der Waals surface area contributed by atoms with Crippen molar-refractivity contribution >= 4 is 21.8 Å². The van der Waals surface area contributed by atoms with E-state index < -0.39 is 42.3 Å². The predicted octanol–water partition coefficient (Wildman–Crippen LogP) is 13.0. The standard InChI is InChI=1S/C51H34N4/c1-4-16-35(17-5-1)36-30-32-39(33-31-36)49-52-50(54-51(53-49)44-25-11-10-24-42(44)37-18-6-2-7-19-37)40-22-14-23-41(34-40)55-46-28-13-12-26-45(46)48-43(27-15-29-47(48)55)38-20-8-3-9-21-38/h1-34H/i3D,8D,9D,12D,13D,20D,21D,26D,28D. The molecular weight excluding hydrogens is 669 g/mol. The SMILES string of the molecule is [2H]c1c([2H])c([2H])c(-c2cccc3c2c2c([2H])c([2H])c([2H])c([2H])c2n3-c2cccc(-c3nc(-c4ccc(-c5ccccc5)cc4)nc(-c4ccccc4-c4ccccc4)n3)c2)c([2H])c1[2H]. The van der Waals surface area contributed by atoms with Crippen molar-refractivity contribution < 1.29 is 12.3 Å². The minimum absolute atomic E-state index is 0.0744. The summed E-state index contributed by atoms with van der Waals surface area (Å²) in [5.41, 5.74) is 7.50. The molecule has 10 aromatic rings. The van der Waals surface area contributed by atoms with E-state index in [4.69, 9.17) is 25.9 Å². The fraction of sp³-hybridized carbons (Fsp3) is 0. The molecular formula is C51H34N4. The molecule has 2 aromatic heterocycles. The zero-order chi connectivity index (χ0) is 44.4. The molecule has 0 saturated carbocycles. The molecule has 0 aliphatic heterocycles. The van der Waals surface area contributed by atoms with Gasteiger partial charge in [0, 0.05) is 33.2 Å². The minimum Gasteiger partial charge on any atom is -0.309 e. The second-order valence-corrected chi connectivity index (χ2v) is 13.0. The second kappa shape index (κ2) is 13.8. The maximum Gasteiger partial charge on any atom is 0.164 e. The Hall–Kier alpha value is -7.43. The summed E-state index contributed by atoms with van der Waals surface area (Å²) in [6.45, 7) is 0. The first kappa shape index (κ1) is 24.0. The molecule has 2 heterocycles. The molecule has 0 atom stereocenters. The summed E-state index contributed by atoms with van der Waals surface area (Å²) in [7, 11) is 0. The van der Waals surface area contributed by atoms with Gasteiger partial charge in [-0.05, 0) is 57.6 Å². The maximum atomic E-state index is 9.23. The van der Waals surface area contributed by atoms with Crippen LogP contribution in [-0.2, 0) is 0 Å². The van der Waals surface area contributed by atoms with Gasteiger partial charge in [-0.15, -0.1) is 0 Å². The van der Waals surface area contributed by atoms with Gasteiger partial charge in [-0.1, -0.05) is 182 Å². The molecule has 0 amide bonds. The molecule has 258 valence electrons. The Bertz CT molecular complexity index is 3460. The van der Waals surface area contributed by atoms with Crippen LogP contribution in [0.25, 0.3) is 95.0 Å². The van der Waals surface area contributed by atoms with Crippen molar-refractivity contribution in [2.45, 2.75) is 0 Å². The highest BCUT2D eigenvalue weighted by molar-refractivity contribution is 6.15. The van der Waals surface area contributed by atoms with Gasteiger partial charge in [0.1, 0.15) is 0 Å². The monoisotopic (exact) mass is 711 g/mol. The number of hydrogen-bond donors (Lipinski definition) is 0. The summed E-state index contributed by atoms with van der Waals surface area (Å²) in [6.07, 6.45) is 0.